The Morgan fingerprint density at radius 3 is 2.83 bits per heavy atom. The van der Waals surface area contributed by atoms with Crippen molar-refractivity contribution in [2.24, 2.45) is 0 Å². The molecule has 2 aromatic heterocycles. The van der Waals surface area contributed by atoms with Crippen LogP contribution in [0.15, 0.2) is 40.6 Å². The van der Waals surface area contributed by atoms with Crippen LogP contribution in [0.5, 0.6) is 0 Å². The summed E-state index contributed by atoms with van der Waals surface area (Å²) in [5.74, 6) is 1.73. The molecule has 156 valence electrons. The van der Waals surface area contributed by atoms with Crippen molar-refractivity contribution in [1.82, 2.24) is 9.27 Å². The Bertz CT molecular complexity index is 934. The molecule has 0 radical (unpaired) electrons. The molecular weight excluding hydrogens is 442 g/mol. The Morgan fingerprint density at radius 2 is 2.03 bits per heavy atom. The van der Waals surface area contributed by atoms with E-state index < -0.39 is 0 Å². The molecule has 3 heterocycles. The topological polar surface area (TPSA) is 45.2 Å². The van der Waals surface area contributed by atoms with Crippen molar-refractivity contribution in [2.45, 2.75) is 36.3 Å². The summed E-state index contributed by atoms with van der Waals surface area (Å²) < 4.78 is 7.36. The van der Waals surface area contributed by atoms with E-state index in [4.69, 9.17) is 4.37 Å². The quantitative estimate of drug-likeness (QED) is 0.337. The van der Waals surface area contributed by atoms with Crippen molar-refractivity contribution in [2.75, 3.05) is 30.7 Å². The van der Waals surface area contributed by atoms with Crippen molar-refractivity contribution < 1.29 is 4.79 Å². The van der Waals surface area contributed by atoms with E-state index in [0.717, 1.165) is 10.8 Å². The molecule has 1 aromatic carbocycles. The number of piperidine rings is 1. The van der Waals surface area contributed by atoms with E-state index in [2.05, 4.69) is 40.5 Å². The lowest BCUT2D eigenvalue weighted by Gasteiger charge is -2.31. The molecule has 8 heteroatoms. The van der Waals surface area contributed by atoms with Crippen LogP contribution < -0.4 is 5.32 Å². The fourth-order valence-electron chi connectivity index (χ4n) is 3.73. The molecule has 4 rings (SSSR count). The summed E-state index contributed by atoms with van der Waals surface area (Å²) in [7, 11) is 0. The number of hydrogen-bond donors (Lipinski definition) is 1. The van der Waals surface area contributed by atoms with Crippen LogP contribution in [0.2, 0.25) is 0 Å². The highest BCUT2D eigenvalue weighted by molar-refractivity contribution is 8.01. The summed E-state index contributed by atoms with van der Waals surface area (Å²) in [4.78, 5) is 13.7. The van der Waals surface area contributed by atoms with E-state index in [0.29, 0.717) is 5.92 Å². The molecule has 1 amide bonds. The first kappa shape index (κ1) is 22.6. The van der Waals surface area contributed by atoms with Crippen LogP contribution in [-0.4, -0.2) is 40.6 Å². The third-order valence-corrected chi connectivity index (χ3v) is 8.28. The van der Waals surface area contributed by atoms with Crippen LogP contribution in [0.25, 0.3) is 10.1 Å². The Morgan fingerprint density at radius 1 is 1.24 bits per heavy atom. The van der Waals surface area contributed by atoms with Gasteiger partial charge in [-0.3, -0.25) is 4.79 Å². The second kappa shape index (κ2) is 10.8. The molecule has 1 N–H and O–H groups in total. The van der Waals surface area contributed by atoms with Gasteiger partial charge in [-0.25, -0.2) is 0 Å². The zero-order valence-electron chi connectivity index (χ0n) is 16.4. The largest absolute Gasteiger partial charge is 0.318 e. The molecular formula is C21H26ClN3OS3. The highest BCUT2D eigenvalue weighted by Crippen LogP contribution is 2.34. The van der Waals surface area contributed by atoms with Gasteiger partial charge in [-0.05, 0) is 68.6 Å². The zero-order valence-corrected chi connectivity index (χ0v) is 19.7. The number of fused-ring (bicyclic) bond motifs is 1. The minimum Gasteiger partial charge on any atom is -0.318 e. The maximum atomic E-state index is 11.1. The van der Waals surface area contributed by atoms with Crippen molar-refractivity contribution in [3.05, 3.63) is 42.1 Å². The minimum absolute atomic E-state index is 0. The molecule has 0 atom stereocenters. The van der Waals surface area contributed by atoms with E-state index in [1.165, 1.54) is 58.9 Å². The van der Waals surface area contributed by atoms with Crippen molar-refractivity contribution in [3.63, 3.8) is 0 Å². The fraction of sp³-hybridized carbons (Fsp3) is 0.429. The molecule has 3 aromatic rings. The SMILES string of the molecule is CC(=O)Nc1ccc(SCCCN2CCC(c3nsc4ccccc34)CC2)s1.Cl. The summed E-state index contributed by atoms with van der Waals surface area (Å²) in [5.41, 5.74) is 1.32. The van der Waals surface area contributed by atoms with E-state index in [-0.39, 0.29) is 18.3 Å². The smallest absolute Gasteiger partial charge is 0.221 e. The lowest BCUT2D eigenvalue weighted by Crippen LogP contribution is -2.34. The first-order valence-corrected chi connectivity index (χ1v) is 12.3. The number of halogens is 1. The second-order valence-corrected chi connectivity index (χ2v) is 10.5. The van der Waals surface area contributed by atoms with Gasteiger partial charge in [-0.2, -0.15) is 4.37 Å². The normalized spacial score (nSPS) is 15.3. The number of nitrogens with one attached hydrogen (secondary N) is 1. The predicted octanol–water partition coefficient (Wildman–Crippen LogP) is 6.10. The summed E-state index contributed by atoms with van der Waals surface area (Å²) in [6, 6.07) is 12.7. The van der Waals surface area contributed by atoms with Gasteiger partial charge in [0.25, 0.3) is 0 Å². The molecule has 1 aliphatic heterocycles. The van der Waals surface area contributed by atoms with Gasteiger partial charge in [0.05, 0.1) is 19.6 Å². The number of rotatable bonds is 7. The standard InChI is InChI=1S/C21H25N3OS3.ClH/c1-15(25)22-19-7-8-20(27-19)26-14-4-11-24-12-9-16(10-13-24)21-17-5-2-3-6-18(17)28-23-21;/h2-3,5-8,16H,4,9-14H2,1H3,(H,22,25);1H. The third kappa shape index (κ3) is 5.95. The van der Waals surface area contributed by atoms with Gasteiger partial charge in [0.15, 0.2) is 0 Å². The number of thioether (sulfide) groups is 1. The van der Waals surface area contributed by atoms with Crippen molar-refractivity contribution >= 4 is 68.0 Å². The molecule has 1 saturated heterocycles. The van der Waals surface area contributed by atoms with Gasteiger partial charge in [-0.1, -0.05) is 18.2 Å². The van der Waals surface area contributed by atoms with Crippen molar-refractivity contribution in [3.8, 4) is 0 Å². The first-order chi connectivity index (χ1) is 13.7. The second-order valence-electron chi connectivity index (χ2n) is 7.18. The number of nitrogens with zero attached hydrogens (tertiary/aromatic N) is 2. The van der Waals surface area contributed by atoms with Gasteiger partial charge in [0.1, 0.15) is 0 Å². The summed E-state index contributed by atoms with van der Waals surface area (Å²) in [6.07, 6.45) is 3.63. The zero-order chi connectivity index (χ0) is 19.3. The Labute approximate surface area is 190 Å². The first-order valence-electron chi connectivity index (χ1n) is 9.76. The van der Waals surface area contributed by atoms with Gasteiger partial charge in [-0.15, -0.1) is 35.5 Å². The number of carbonyl (C=O) groups excluding carboxylic acids is 1. The maximum Gasteiger partial charge on any atom is 0.221 e. The van der Waals surface area contributed by atoms with Crippen molar-refractivity contribution in [1.29, 1.82) is 0 Å². The predicted molar refractivity (Wildman–Crippen MR) is 129 cm³/mol. The number of anilines is 1. The number of thiophene rings is 1. The van der Waals surface area contributed by atoms with E-state index >= 15 is 0 Å². The average molecular weight is 468 g/mol. The molecule has 1 aliphatic rings. The molecule has 0 bridgehead atoms. The number of hydrogen-bond acceptors (Lipinski definition) is 6. The maximum absolute atomic E-state index is 11.1. The molecule has 0 aliphatic carbocycles. The van der Waals surface area contributed by atoms with E-state index in [9.17, 15) is 4.79 Å². The van der Waals surface area contributed by atoms with Crippen LogP contribution in [0, 0.1) is 0 Å². The molecule has 4 nitrogen and oxygen atoms in total. The summed E-state index contributed by atoms with van der Waals surface area (Å²) in [5, 5.41) is 5.14. The highest BCUT2D eigenvalue weighted by Gasteiger charge is 2.23. The van der Waals surface area contributed by atoms with Crippen LogP contribution in [0.4, 0.5) is 5.00 Å². The number of amides is 1. The van der Waals surface area contributed by atoms with Gasteiger partial charge >= 0.3 is 0 Å². The van der Waals surface area contributed by atoms with Gasteiger partial charge < -0.3 is 10.2 Å². The average Bonchev–Trinajstić information content (AvgIpc) is 3.32. The minimum atomic E-state index is -0.00699. The molecule has 29 heavy (non-hydrogen) atoms. The molecule has 0 spiro atoms. The Hall–Kier alpha value is -1.12. The highest BCUT2D eigenvalue weighted by atomic mass is 35.5. The molecule has 0 saturated carbocycles. The van der Waals surface area contributed by atoms with Gasteiger partial charge in [0.2, 0.25) is 5.91 Å². The molecule has 0 unspecified atom stereocenters. The Kier molecular flexibility index (Phi) is 8.38. The summed E-state index contributed by atoms with van der Waals surface area (Å²) >= 11 is 5.19. The number of benzene rings is 1. The monoisotopic (exact) mass is 467 g/mol. The fourth-order valence-corrected chi connectivity index (χ4v) is 6.66. The number of aromatic nitrogens is 1. The molecule has 1 fully saturated rings. The van der Waals surface area contributed by atoms with E-state index in [1.54, 1.807) is 29.8 Å². The van der Waals surface area contributed by atoms with Crippen LogP contribution in [0.3, 0.4) is 0 Å². The van der Waals surface area contributed by atoms with Gasteiger partial charge in [0, 0.05) is 24.0 Å². The lowest BCUT2D eigenvalue weighted by atomic mass is 9.91. The summed E-state index contributed by atoms with van der Waals surface area (Å²) in [6.45, 7) is 5.06. The van der Waals surface area contributed by atoms with E-state index in [1.807, 2.05) is 17.8 Å². The van der Waals surface area contributed by atoms with Crippen LogP contribution >= 0.6 is 47.0 Å². The third-order valence-electron chi connectivity index (χ3n) is 5.12. The van der Waals surface area contributed by atoms with Crippen LogP contribution in [0.1, 0.15) is 37.8 Å². The van der Waals surface area contributed by atoms with Crippen LogP contribution in [-0.2, 0) is 4.79 Å². The number of likely N-dealkylation sites (tertiary alicyclic amines) is 1. The Balaban J connectivity index is 0.00000240. The number of carbonyl (C=O) groups is 1. The lowest BCUT2D eigenvalue weighted by molar-refractivity contribution is -0.114.